The lowest BCUT2D eigenvalue weighted by Gasteiger charge is -2.04. The Labute approximate surface area is 105 Å². The molecule has 0 fully saturated rings. The van der Waals surface area contributed by atoms with Gasteiger partial charge in [-0.15, -0.1) is 0 Å². The normalized spacial score (nSPS) is 11.8. The van der Waals surface area contributed by atoms with Crippen molar-refractivity contribution in [2.24, 2.45) is 4.99 Å². The molecule has 0 aromatic carbocycles. The zero-order valence-electron chi connectivity index (χ0n) is 10.4. The lowest BCUT2D eigenvalue weighted by atomic mass is 10.2. The Bertz CT molecular complexity index is 613. The first-order chi connectivity index (χ1) is 8.69. The Morgan fingerprint density at radius 1 is 1.67 bits per heavy atom. The van der Waals surface area contributed by atoms with Crippen molar-refractivity contribution in [2.45, 2.75) is 13.8 Å². The first-order valence-electron chi connectivity index (χ1n) is 5.72. The zero-order chi connectivity index (χ0) is 13.1. The molecular weight excluding hydrogens is 231 g/mol. The van der Waals surface area contributed by atoms with Crippen LogP contribution in [0.5, 0.6) is 0 Å². The number of aryl methyl sites for hydroxylation is 1. The summed E-state index contributed by atoms with van der Waals surface area (Å²) < 4.78 is 15.3. The number of fused-ring (bicyclic) bond motifs is 1. The van der Waals surface area contributed by atoms with Crippen molar-refractivity contribution in [2.75, 3.05) is 6.54 Å². The van der Waals surface area contributed by atoms with Crippen LogP contribution in [0.4, 0.5) is 4.39 Å². The molecular formula is C13H15FN4. The van der Waals surface area contributed by atoms with Gasteiger partial charge in [0.1, 0.15) is 5.70 Å². The monoisotopic (exact) mass is 246 g/mol. The fraction of sp³-hybridized carbons (Fsp3) is 0.231. The molecule has 0 saturated heterocycles. The van der Waals surface area contributed by atoms with Gasteiger partial charge in [-0.1, -0.05) is 0 Å². The van der Waals surface area contributed by atoms with E-state index in [1.54, 1.807) is 22.9 Å². The van der Waals surface area contributed by atoms with Crippen molar-refractivity contribution in [3.8, 4) is 0 Å². The minimum atomic E-state index is -0.348. The lowest BCUT2D eigenvalue weighted by molar-refractivity contribution is 0.629. The number of rotatable bonds is 4. The number of hydrogen-bond donors (Lipinski definition) is 1. The Kier molecular flexibility index (Phi) is 3.41. The van der Waals surface area contributed by atoms with Gasteiger partial charge in [-0.3, -0.25) is 9.39 Å². The number of pyridine rings is 1. The van der Waals surface area contributed by atoms with Gasteiger partial charge in [-0.2, -0.15) is 0 Å². The van der Waals surface area contributed by atoms with E-state index in [-0.39, 0.29) is 5.82 Å². The SMILES string of the molecule is C=N/C(=C\NCC)c1c(C)nc2c(F)cccn12. The topological polar surface area (TPSA) is 41.7 Å². The van der Waals surface area contributed by atoms with Gasteiger partial charge in [0.05, 0.1) is 11.4 Å². The molecule has 0 amide bonds. The maximum Gasteiger partial charge on any atom is 0.173 e. The van der Waals surface area contributed by atoms with E-state index in [0.29, 0.717) is 11.3 Å². The molecule has 5 heteroatoms. The third-order valence-electron chi connectivity index (χ3n) is 2.63. The number of nitrogens with one attached hydrogen (secondary N) is 1. The number of hydrogen-bond acceptors (Lipinski definition) is 3. The van der Waals surface area contributed by atoms with Crippen molar-refractivity contribution in [1.29, 1.82) is 0 Å². The van der Waals surface area contributed by atoms with Gasteiger partial charge in [-0.05, 0) is 32.7 Å². The van der Waals surface area contributed by atoms with Gasteiger partial charge in [0.15, 0.2) is 11.5 Å². The van der Waals surface area contributed by atoms with Crippen molar-refractivity contribution < 1.29 is 4.39 Å². The van der Waals surface area contributed by atoms with E-state index in [9.17, 15) is 4.39 Å². The standard InChI is InChI=1S/C13H15FN4/c1-4-16-8-11(15-3)12-9(2)17-13-10(14)6-5-7-18(12)13/h5-8,16H,3-4H2,1-2H3/b11-8-. The summed E-state index contributed by atoms with van der Waals surface area (Å²) in [4.78, 5) is 8.20. The van der Waals surface area contributed by atoms with Crippen LogP contribution >= 0.6 is 0 Å². The van der Waals surface area contributed by atoms with Crippen LogP contribution in [-0.2, 0) is 0 Å². The Balaban J connectivity index is 2.66. The first kappa shape index (κ1) is 12.3. The van der Waals surface area contributed by atoms with E-state index in [1.807, 2.05) is 13.8 Å². The molecule has 0 bridgehead atoms. The second-order valence-corrected chi connectivity index (χ2v) is 3.84. The summed E-state index contributed by atoms with van der Waals surface area (Å²) in [5, 5.41) is 3.06. The van der Waals surface area contributed by atoms with E-state index in [2.05, 4.69) is 22.0 Å². The van der Waals surface area contributed by atoms with E-state index in [0.717, 1.165) is 17.9 Å². The molecule has 94 valence electrons. The summed E-state index contributed by atoms with van der Waals surface area (Å²) in [6.45, 7) is 8.14. The molecule has 0 spiro atoms. The third kappa shape index (κ3) is 1.99. The highest BCUT2D eigenvalue weighted by molar-refractivity contribution is 5.69. The molecule has 18 heavy (non-hydrogen) atoms. The first-order valence-corrected chi connectivity index (χ1v) is 5.72. The molecule has 2 aromatic rings. The lowest BCUT2D eigenvalue weighted by Crippen LogP contribution is -2.04. The predicted molar refractivity (Wildman–Crippen MR) is 71.1 cm³/mol. The third-order valence-corrected chi connectivity index (χ3v) is 2.63. The van der Waals surface area contributed by atoms with E-state index < -0.39 is 0 Å². The fourth-order valence-corrected chi connectivity index (χ4v) is 1.84. The van der Waals surface area contributed by atoms with E-state index in [1.165, 1.54) is 6.07 Å². The van der Waals surface area contributed by atoms with E-state index >= 15 is 0 Å². The van der Waals surface area contributed by atoms with Crippen molar-refractivity contribution in [3.63, 3.8) is 0 Å². The molecule has 1 N–H and O–H groups in total. The summed E-state index contributed by atoms with van der Waals surface area (Å²) in [5.74, 6) is -0.348. The molecule has 0 radical (unpaired) electrons. The van der Waals surface area contributed by atoms with Crippen LogP contribution in [0.1, 0.15) is 18.3 Å². The molecule has 2 aromatic heterocycles. The second kappa shape index (κ2) is 5.00. The average molecular weight is 246 g/mol. The van der Waals surface area contributed by atoms with Crippen molar-refractivity contribution in [1.82, 2.24) is 14.7 Å². The maximum atomic E-state index is 13.6. The molecule has 0 unspecified atom stereocenters. The summed E-state index contributed by atoms with van der Waals surface area (Å²) in [6.07, 6.45) is 3.52. The van der Waals surface area contributed by atoms with Crippen molar-refractivity contribution >= 4 is 18.1 Å². The number of halogens is 1. The van der Waals surface area contributed by atoms with Crippen LogP contribution in [0.3, 0.4) is 0 Å². The van der Waals surface area contributed by atoms with Gasteiger partial charge >= 0.3 is 0 Å². The minimum Gasteiger partial charge on any atom is -0.389 e. The van der Waals surface area contributed by atoms with Crippen LogP contribution in [0.15, 0.2) is 29.5 Å². The van der Waals surface area contributed by atoms with Gasteiger partial charge in [0.2, 0.25) is 0 Å². The quantitative estimate of drug-likeness (QED) is 0.842. The number of aliphatic imine (C=N–C) groups is 1. The van der Waals surface area contributed by atoms with E-state index in [4.69, 9.17) is 0 Å². The summed E-state index contributed by atoms with van der Waals surface area (Å²) in [6, 6.07) is 3.03. The molecule has 0 saturated carbocycles. The molecule has 0 aliphatic rings. The maximum absolute atomic E-state index is 13.6. The zero-order valence-corrected chi connectivity index (χ0v) is 10.4. The van der Waals surface area contributed by atoms with Crippen LogP contribution in [-0.4, -0.2) is 22.6 Å². The van der Waals surface area contributed by atoms with Crippen LogP contribution in [0.25, 0.3) is 11.3 Å². The van der Waals surface area contributed by atoms with Gasteiger partial charge in [0, 0.05) is 18.9 Å². The molecule has 4 nitrogen and oxygen atoms in total. The van der Waals surface area contributed by atoms with Crippen molar-refractivity contribution in [3.05, 3.63) is 41.7 Å². The number of nitrogens with zero attached hydrogens (tertiary/aromatic N) is 3. The molecule has 0 atom stereocenters. The van der Waals surface area contributed by atoms with Gasteiger partial charge in [0.25, 0.3) is 0 Å². The number of imidazole rings is 1. The number of aromatic nitrogens is 2. The Morgan fingerprint density at radius 3 is 3.11 bits per heavy atom. The minimum absolute atomic E-state index is 0.302. The highest BCUT2D eigenvalue weighted by Crippen LogP contribution is 2.22. The highest BCUT2D eigenvalue weighted by Gasteiger charge is 2.14. The average Bonchev–Trinajstić information content (AvgIpc) is 2.69. The Hall–Kier alpha value is -2.17. The van der Waals surface area contributed by atoms with Crippen LogP contribution < -0.4 is 5.32 Å². The molecule has 2 rings (SSSR count). The summed E-state index contributed by atoms with van der Waals surface area (Å²) >= 11 is 0. The van der Waals surface area contributed by atoms with Crippen LogP contribution in [0.2, 0.25) is 0 Å². The predicted octanol–water partition coefficient (Wildman–Crippen LogP) is 2.39. The Morgan fingerprint density at radius 2 is 2.44 bits per heavy atom. The second-order valence-electron chi connectivity index (χ2n) is 3.84. The fourth-order valence-electron chi connectivity index (χ4n) is 1.84. The van der Waals surface area contributed by atoms with Gasteiger partial charge in [-0.25, -0.2) is 9.37 Å². The molecule has 0 aliphatic carbocycles. The van der Waals surface area contributed by atoms with Gasteiger partial charge < -0.3 is 5.32 Å². The van der Waals surface area contributed by atoms with Crippen LogP contribution in [0, 0.1) is 12.7 Å². The smallest absolute Gasteiger partial charge is 0.173 e. The molecule has 2 heterocycles. The molecule has 0 aliphatic heterocycles. The summed E-state index contributed by atoms with van der Waals surface area (Å²) in [7, 11) is 0. The largest absolute Gasteiger partial charge is 0.389 e. The highest BCUT2D eigenvalue weighted by atomic mass is 19.1. The summed E-state index contributed by atoms with van der Waals surface area (Å²) in [5.41, 5.74) is 2.42.